The fraction of sp³-hybridized carbons (Fsp3) is 0.545. The zero-order valence-corrected chi connectivity index (χ0v) is 11.4. The minimum absolute atomic E-state index is 0.0781. The summed E-state index contributed by atoms with van der Waals surface area (Å²) in [5, 5.41) is 0. The van der Waals surface area contributed by atoms with Crippen LogP contribution in [0.4, 0.5) is 0 Å². The molecule has 0 atom stereocenters. The maximum atomic E-state index is 12.0. The number of halogens is 1. The first-order valence-electron chi connectivity index (χ1n) is 5.54. The number of rotatable bonds is 7. The van der Waals surface area contributed by atoms with Crippen LogP contribution >= 0.6 is 11.6 Å². The van der Waals surface area contributed by atoms with Crippen LogP contribution in [-0.4, -0.2) is 42.4 Å². The van der Waals surface area contributed by atoms with E-state index in [1.165, 1.54) is 4.31 Å². The fourth-order valence-electron chi connectivity index (χ4n) is 1.50. The first kappa shape index (κ1) is 14.4. The molecule has 0 aliphatic carbocycles. The Morgan fingerprint density at radius 3 is 2.71 bits per heavy atom. The predicted molar refractivity (Wildman–Crippen MR) is 69.7 cm³/mol. The molecule has 4 nitrogen and oxygen atoms in total. The molecule has 1 heterocycles. The molecule has 96 valence electrons. The summed E-state index contributed by atoms with van der Waals surface area (Å²) in [6, 6.07) is 5.49. The van der Waals surface area contributed by atoms with Crippen molar-refractivity contribution in [2.45, 2.75) is 13.3 Å². The van der Waals surface area contributed by atoms with Crippen molar-refractivity contribution in [2.75, 3.05) is 24.7 Å². The summed E-state index contributed by atoms with van der Waals surface area (Å²) in [5.74, 6) is 0.394. The van der Waals surface area contributed by atoms with Crippen molar-refractivity contribution in [3.05, 3.63) is 30.1 Å². The van der Waals surface area contributed by atoms with Gasteiger partial charge in [0.1, 0.15) is 0 Å². The van der Waals surface area contributed by atoms with E-state index >= 15 is 0 Å². The van der Waals surface area contributed by atoms with E-state index in [4.69, 9.17) is 11.6 Å². The van der Waals surface area contributed by atoms with Crippen LogP contribution in [0.2, 0.25) is 0 Å². The Kier molecular flexibility index (Phi) is 5.88. The largest absolute Gasteiger partial charge is 0.261 e. The third kappa shape index (κ3) is 4.61. The molecule has 0 N–H and O–H groups in total. The van der Waals surface area contributed by atoms with Crippen molar-refractivity contribution in [1.29, 1.82) is 0 Å². The van der Waals surface area contributed by atoms with E-state index in [9.17, 15) is 8.42 Å². The van der Waals surface area contributed by atoms with E-state index in [2.05, 4.69) is 4.98 Å². The van der Waals surface area contributed by atoms with Crippen LogP contribution in [-0.2, 0) is 16.4 Å². The van der Waals surface area contributed by atoms with Crippen LogP contribution in [0.5, 0.6) is 0 Å². The molecule has 0 fully saturated rings. The highest BCUT2D eigenvalue weighted by atomic mass is 35.5. The van der Waals surface area contributed by atoms with Gasteiger partial charge in [-0.1, -0.05) is 13.0 Å². The Labute approximate surface area is 108 Å². The summed E-state index contributed by atoms with van der Waals surface area (Å²) in [6.07, 6.45) is 2.10. The van der Waals surface area contributed by atoms with Crippen molar-refractivity contribution < 1.29 is 8.42 Å². The summed E-state index contributed by atoms with van der Waals surface area (Å²) < 4.78 is 25.3. The molecule has 0 bridgehead atoms. The van der Waals surface area contributed by atoms with Crippen molar-refractivity contribution in [3.63, 3.8) is 0 Å². The minimum Gasteiger partial charge on any atom is -0.261 e. The van der Waals surface area contributed by atoms with Gasteiger partial charge in [-0.15, -0.1) is 11.6 Å². The molecule has 0 aliphatic rings. The topological polar surface area (TPSA) is 50.3 Å². The highest BCUT2D eigenvalue weighted by molar-refractivity contribution is 7.89. The highest BCUT2D eigenvalue weighted by Gasteiger charge is 2.19. The monoisotopic (exact) mass is 276 g/mol. The van der Waals surface area contributed by atoms with Gasteiger partial charge in [-0.25, -0.2) is 12.7 Å². The van der Waals surface area contributed by atoms with Gasteiger partial charge in [0.2, 0.25) is 10.0 Å². The number of hydrogen-bond donors (Lipinski definition) is 0. The van der Waals surface area contributed by atoms with Gasteiger partial charge in [-0.3, -0.25) is 4.98 Å². The van der Waals surface area contributed by atoms with Crippen molar-refractivity contribution in [1.82, 2.24) is 9.29 Å². The Hall–Kier alpha value is -0.650. The third-order valence-electron chi connectivity index (χ3n) is 2.42. The second-order valence-corrected chi connectivity index (χ2v) is 6.03. The number of hydrogen-bond acceptors (Lipinski definition) is 3. The first-order valence-corrected chi connectivity index (χ1v) is 7.68. The SMILES string of the molecule is CCN(CCCl)S(=O)(=O)CCc1ccccn1. The molecule has 0 amide bonds. The molecule has 0 saturated carbocycles. The lowest BCUT2D eigenvalue weighted by Gasteiger charge is -2.18. The van der Waals surface area contributed by atoms with E-state index in [1.807, 2.05) is 25.1 Å². The van der Waals surface area contributed by atoms with Crippen LogP contribution in [0.1, 0.15) is 12.6 Å². The molecule has 1 rings (SSSR count). The van der Waals surface area contributed by atoms with Crippen LogP contribution in [0.25, 0.3) is 0 Å². The summed E-state index contributed by atoms with van der Waals surface area (Å²) in [6.45, 7) is 2.63. The van der Waals surface area contributed by atoms with Gasteiger partial charge < -0.3 is 0 Å². The second kappa shape index (κ2) is 6.93. The number of pyridine rings is 1. The molecule has 0 aromatic carbocycles. The van der Waals surface area contributed by atoms with Gasteiger partial charge in [-0.05, 0) is 12.1 Å². The second-order valence-electron chi connectivity index (χ2n) is 3.57. The molecular weight excluding hydrogens is 260 g/mol. The molecule has 0 unspecified atom stereocenters. The lowest BCUT2D eigenvalue weighted by Crippen LogP contribution is -2.35. The first-order chi connectivity index (χ1) is 8.10. The molecule has 1 aromatic heterocycles. The van der Waals surface area contributed by atoms with E-state index in [1.54, 1.807) is 6.20 Å². The molecule has 1 aromatic rings. The van der Waals surface area contributed by atoms with Crippen molar-refractivity contribution >= 4 is 21.6 Å². The van der Waals surface area contributed by atoms with Gasteiger partial charge >= 0.3 is 0 Å². The maximum Gasteiger partial charge on any atom is 0.214 e. The lowest BCUT2D eigenvalue weighted by molar-refractivity contribution is 0.446. The highest BCUT2D eigenvalue weighted by Crippen LogP contribution is 2.05. The summed E-state index contributed by atoms with van der Waals surface area (Å²) in [5.41, 5.74) is 0.790. The fourth-order valence-corrected chi connectivity index (χ4v) is 3.29. The lowest BCUT2D eigenvalue weighted by atomic mass is 10.3. The van der Waals surface area contributed by atoms with Crippen LogP contribution in [0.3, 0.4) is 0 Å². The van der Waals surface area contributed by atoms with Gasteiger partial charge in [-0.2, -0.15) is 0 Å². The smallest absolute Gasteiger partial charge is 0.214 e. The zero-order valence-electron chi connectivity index (χ0n) is 9.84. The Morgan fingerprint density at radius 1 is 1.41 bits per heavy atom. The summed E-state index contributed by atoms with van der Waals surface area (Å²) >= 11 is 5.58. The third-order valence-corrected chi connectivity index (χ3v) is 4.54. The molecule has 0 spiro atoms. The van der Waals surface area contributed by atoms with E-state index in [0.29, 0.717) is 25.4 Å². The van der Waals surface area contributed by atoms with Crippen molar-refractivity contribution in [2.24, 2.45) is 0 Å². The van der Waals surface area contributed by atoms with E-state index < -0.39 is 10.0 Å². The predicted octanol–water partition coefficient (Wildman–Crippen LogP) is 1.51. The van der Waals surface area contributed by atoms with E-state index in [-0.39, 0.29) is 5.75 Å². The Balaban J connectivity index is 2.60. The number of aromatic nitrogens is 1. The number of nitrogens with zero attached hydrogens (tertiary/aromatic N) is 2. The molecule has 0 saturated heterocycles. The number of sulfonamides is 1. The Bertz CT molecular complexity index is 422. The van der Waals surface area contributed by atoms with Crippen LogP contribution < -0.4 is 0 Å². The average Bonchev–Trinajstić information content (AvgIpc) is 2.34. The zero-order chi connectivity index (χ0) is 12.7. The Morgan fingerprint density at radius 2 is 2.18 bits per heavy atom. The summed E-state index contributed by atoms with van der Waals surface area (Å²) in [4.78, 5) is 4.10. The average molecular weight is 277 g/mol. The molecule has 0 radical (unpaired) electrons. The van der Waals surface area contributed by atoms with Gasteiger partial charge in [0, 0.05) is 37.3 Å². The standard InChI is InChI=1S/C11H17ClN2O2S/c1-2-14(9-7-12)17(15,16)10-6-11-5-3-4-8-13-11/h3-5,8H,2,6-7,9-10H2,1H3. The normalized spacial score (nSPS) is 11.9. The van der Waals surface area contributed by atoms with Gasteiger partial charge in [0.05, 0.1) is 5.75 Å². The minimum atomic E-state index is -3.22. The molecular formula is C11H17ClN2O2S. The van der Waals surface area contributed by atoms with Crippen LogP contribution in [0, 0.1) is 0 Å². The summed E-state index contributed by atoms with van der Waals surface area (Å²) in [7, 11) is -3.22. The molecule has 0 aliphatic heterocycles. The van der Waals surface area contributed by atoms with Crippen LogP contribution in [0.15, 0.2) is 24.4 Å². The van der Waals surface area contributed by atoms with Gasteiger partial charge in [0.15, 0.2) is 0 Å². The molecule has 6 heteroatoms. The maximum absolute atomic E-state index is 12.0. The molecule has 17 heavy (non-hydrogen) atoms. The van der Waals surface area contributed by atoms with Crippen molar-refractivity contribution in [3.8, 4) is 0 Å². The van der Waals surface area contributed by atoms with Gasteiger partial charge in [0.25, 0.3) is 0 Å². The van der Waals surface area contributed by atoms with E-state index in [0.717, 1.165) is 5.69 Å². The quantitative estimate of drug-likeness (QED) is 0.710. The number of alkyl halides is 1. The number of aryl methyl sites for hydroxylation is 1.